The summed E-state index contributed by atoms with van der Waals surface area (Å²) in [4.78, 5) is 23.5. The number of carbonyl (C=O) groups is 2. The molecular formula is C12H19N3O5. The molecule has 2 heterocycles. The van der Waals surface area contributed by atoms with Gasteiger partial charge in [-0.2, -0.15) is 10.2 Å². The molecule has 2 aliphatic rings. The van der Waals surface area contributed by atoms with Crippen LogP contribution < -0.4 is 5.32 Å². The first-order valence-corrected chi connectivity index (χ1v) is 6.38. The highest BCUT2D eigenvalue weighted by Crippen LogP contribution is 2.37. The second kappa shape index (κ2) is 5.10. The van der Waals surface area contributed by atoms with Crippen LogP contribution in [0.15, 0.2) is 10.2 Å². The highest BCUT2D eigenvalue weighted by Gasteiger charge is 2.57. The summed E-state index contributed by atoms with van der Waals surface area (Å²) < 4.78 is 16.0. The van der Waals surface area contributed by atoms with Gasteiger partial charge in [-0.1, -0.05) is 0 Å². The molecule has 0 radical (unpaired) electrons. The Morgan fingerprint density at radius 1 is 1.40 bits per heavy atom. The van der Waals surface area contributed by atoms with E-state index in [2.05, 4.69) is 15.5 Å². The van der Waals surface area contributed by atoms with E-state index in [1.165, 1.54) is 14.0 Å². The van der Waals surface area contributed by atoms with Crippen molar-refractivity contribution in [3.05, 3.63) is 0 Å². The van der Waals surface area contributed by atoms with Gasteiger partial charge in [-0.05, 0) is 13.8 Å². The summed E-state index contributed by atoms with van der Waals surface area (Å²) in [5.41, 5.74) is -1.53. The van der Waals surface area contributed by atoms with E-state index in [9.17, 15) is 9.59 Å². The summed E-state index contributed by atoms with van der Waals surface area (Å²) in [6.45, 7) is 5.45. The SMILES string of the molecule is COC(=O)[C@]1(NC(C)=O)N=NC[C@H]1[C@H]1COC(C)(C)O1. The molecule has 1 fully saturated rings. The Bertz CT molecular complexity index is 450. The fourth-order valence-electron chi connectivity index (χ4n) is 2.53. The van der Waals surface area contributed by atoms with Crippen LogP contribution in [-0.2, 0) is 23.8 Å². The van der Waals surface area contributed by atoms with Crippen molar-refractivity contribution in [1.29, 1.82) is 0 Å². The number of esters is 1. The molecular weight excluding hydrogens is 266 g/mol. The van der Waals surface area contributed by atoms with E-state index in [1.807, 2.05) is 0 Å². The first-order chi connectivity index (χ1) is 9.31. The molecule has 0 saturated carbocycles. The normalized spacial score (nSPS) is 35.0. The van der Waals surface area contributed by atoms with E-state index in [0.717, 1.165) is 0 Å². The molecule has 0 aromatic rings. The lowest BCUT2D eigenvalue weighted by molar-refractivity contribution is -0.162. The van der Waals surface area contributed by atoms with E-state index in [-0.39, 0.29) is 12.5 Å². The van der Waals surface area contributed by atoms with Crippen molar-refractivity contribution >= 4 is 11.9 Å². The highest BCUT2D eigenvalue weighted by atomic mass is 16.7. The molecule has 2 aliphatic heterocycles. The van der Waals surface area contributed by atoms with Gasteiger partial charge in [0.15, 0.2) is 5.79 Å². The Balaban J connectivity index is 2.27. The van der Waals surface area contributed by atoms with Crippen molar-refractivity contribution in [3.8, 4) is 0 Å². The van der Waals surface area contributed by atoms with Gasteiger partial charge in [-0.15, -0.1) is 0 Å². The van der Waals surface area contributed by atoms with Crippen molar-refractivity contribution in [2.45, 2.75) is 38.3 Å². The molecule has 20 heavy (non-hydrogen) atoms. The molecule has 1 amide bonds. The van der Waals surface area contributed by atoms with Gasteiger partial charge < -0.3 is 19.5 Å². The van der Waals surface area contributed by atoms with Crippen molar-refractivity contribution in [3.63, 3.8) is 0 Å². The Labute approximate surface area is 116 Å². The lowest BCUT2D eigenvalue weighted by atomic mass is 9.88. The van der Waals surface area contributed by atoms with Crippen LogP contribution in [-0.4, -0.2) is 49.7 Å². The number of hydrogen-bond acceptors (Lipinski definition) is 7. The number of ether oxygens (including phenoxy) is 3. The van der Waals surface area contributed by atoms with Gasteiger partial charge in [0.2, 0.25) is 5.91 Å². The quantitative estimate of drug-likeness (QED) is 0.748. The molecule has 0 bridgehead atoms. The first-order valence-electron chi connectivity index (χ1n) is 6.38. The topological polar surface area (TPSA) is 98.6 Å². The molecule has 8 heteroatoms. The summed E-state index contributed by atoms with van der Waals surface area (Å²) in [6, 6.07) is 0. The summed E-state index contributed by atoms with van der Waals surface area (Å²) in [5.74, 6) is -2.24. The Morgan fingerprint density at radius 3 is 2.60 bits per heavy atom. The minimum Gasteiger partial charge on any atom is -0.466 e. The number of nitrogens with zero attached hydrogens (tertiary/aromatic N) is 2. The van der Waals surface area contributed by atoms with Crippen LogP contribution >= 0.6 is 0 Å². The molecule has 0 aromatic carbocycles. The Kier molecular flexibility index (Phi) is 3.79. The number of methoxy groups -OCH3 is 1. The van der Waals surface area contributed by atoms with Crippen molar-refractivity contribution in [1.82, 2.24) is 5.32 Å². The van der Waals surface area contributed by atoms with Crippen LogP contribution in [0.3, 0.4) is 0 Å². The van der Waals surface area contributed by atoms with E-state index >= 15 is 0 Å². The van der Waals surface area contributed by atoms with Gasteiger partial charge in [0, 0.05) is 6.92 Å². The number of amides is 1. The third-order valence-electron chi connectivity index (χ3n) is 3.39. The number of carbonyl (C=O) groups excluding carboxylic acids is 2. The summed E-state index contributed by atoms with van der Waals surface area (Å²) in [7, 11) is 1.24. The molecule has 0 aromatic heterocycles. The van der Waals surface area contributed by atoms with Crippen molar-refractivity contribution < 1.29 is 23.8 Å². The predicted octanol–water partition coefficient (Wildman–Crippen LogP) is 0.225. The lowest BCUT2D eigenvalue weighted by Gasteiger charge is -2.32. The minimum atomic E-state index is -1.53. The van der Waals surface area contributed by atoms with Gasteiger partial charge in [0.25, 0.3) is 5.66 Å². The van der Waals surface area contributed by atoms with E-state index in [1.54, 1.807) is 13.8 Å². The Hall–Kier alpha value is -1.54. The van der Waals surface area contributed by atoms with E-state index in [4.69, 9.17) is 14.2 Å². The standard InChI is InChI=1S/C12H19N3O5/c1-7(16)14-12(10(17)18-4)8(5-13-15-12)9-6-19-11(2,3)20-9/h8-9H,5-6H2,1-4H3,(H,14,16)/t8-,9+,12+/m0/s1. The van der Waals surface area contributed by atoms with Crippen LogP contribution in [0.1, 0.15) is 20.8 Å². The fraction of sp³-hybridized carbons (Fsp3) is 0.833. The lowest BCUT2D eigenvalue weighted by Crippen LogP contribution is -2.60. The maximum atomic E-state index is 12.1. The average molecular weight is 285 g/mol. The Morgan fingerprint density at radius 2 is 2.10 bits per heavy atom. The monoisotopic (exact) mass is 285 g/mol. The summed E-state index contributed by atoms with van der Waals surface area (Å²) in [5, 5.41) is 10.4. The molecule has 0 spiro atoms. The number of hydrogen-bond donors (Lipinski definition) is 1. The van der Waals surface area contributed by atoms with Crippen LogP contribution in [0.25, 0.3) is 0 Å². The zero-order valence-corrected chi connectivity index (χ0v) is 12.0. The van der Waals surface area contributed by atoms with Crippen LogP contribution in [0, 0.1) is 5.92 Å². The van der Waals surface area contributed by atoms with Crippen molar-refractivity contribution in [2.24, 2.45) is 16.1 Å². The fourth-order valence-corrected chi connectivity index (χ4v) is 2.53. The molecule has 1 saturated heterocycles. The molecule has 3 atom stereocenters. The second-order valence-electron chi connectivity index (χ2n) is 5.34. The average Bonchev–Trinajstić information content (AvgIpc) is 2.91. The number of rotatable bonds is 3. The third-order valence-corrected chi connectivity index (χ3v) is 3.39. The van der Waals surface area contributed by atoms with Gasteiger partial charge >= 0.3 is 5.97 Å². The molecule has 112 valence electrons. The highest BCUT2D eigenvalue weighted by molar-refractivity contribution is 5.87. The van der Waals surface area contributed by atoms with Gasteiger partial charge in [-0.25, -0.2) is 4.79 Å². The zero-order chi connectivity index (χ0) is 15.0. The number of azo groups is 1. The molecule has 1 N–H and O–H groups in total. The van der Waals surface area contributed by atoms with Crippen LogP contribution in [0.4, 0.5) is 0 Å². The largest absolute Gasteiger partial charge is 0.466 e. The summed E-state index contributed by atoms with van der Waals surface area (Å²) in [6.07, 6.45) is -0.397. The maximum absolute atomic E-state index is 12.1. The van der Waals surface area contributed by atoms with Crippen molar-refractivity contribution in [2.75, 3.05) is 20.3 Å². The van der Waals surface area contributed by atoms with E-state index in [0.29, 0.717) is 6.61 Å². The maximum Gasteiger partial charge on any atom is 0.357 e. The number of nitrogens with one attached hydrogen (secondary N) is 1. The molecule has 8 nitrogen and oxygen atoms in total. The van der Waals surface area contributed by atoms with Gasteiger partial charge in [0.05, 0.1) is 32.3 Å². The third kappa shape index (κ3) is 2.53. The van der Waals surface area contributed by atoms with Crippen LogP contribution in [0.5, 0.6) is 0 Å². The molecule has 0 aliphatic carbocycles. The van der Waals surface area contributed by atoms with E-state index < -0.39 is 29.4 Å². The zero-order valence-electron chi connectivity index (χ0n) is 12.0. The minimum absolute atomic E-state index is 0.263. The predicted molar refractivity (Wildman–Crippen MR) is 66.7 cm³/mol. The second-order valence-corrected chi connectivity index (χ2v) is 5.34. The van der Waals surface area contributed by atoms with Gasteiger partial charge in [-0.3, -0.25) is 4.79 Å². The van der Waals surface area contributed by atoms with Crippen LogP contribution in [0.2, 0.25) is 0 Å². The summed E-state index contributed by atoms with van der Waals surface area (Å²) >= 11 is 0. The smallest absolute Gasteiger partial charge is 0.357 e. The van der Waals surface area contributed by atoms with Gasteiger partial charge in [0.1, 0.15) is 0 Å². The molecule has 2 rings (SSSR count). The molecule has 0 unspecified atom stereocenters. The first kappa shape index (κ1) is 14.9.